The normalized spacial score (nSPS) is 21.0. The highest BCUT2D eigenvalue weighted by Crippen LogP contribution is 2.25. The van der Waals surface area contributed by atoms with Gasteiger partial charge in [-0.05, 0) is 30.7 Å². The lowest BCUT2D eigenvalue weighted by atomic mass is 10.0. The van der Waals surface area contributed by atoms with Crippen molar-refractivity contribution in [2.75, 3.05) is 13.1 Å². The Kier molecular flexibility index (Phi) is 4.06. The van der Waals surface area contributed by atoms with Crippen molar-refractivity contribution in [2.24, 2.45) is 0 Å². The number of nitrogens with zero attached hydrogens (tertiary/aromatic N) is 5. The molecule has 1 aromatic carbocycles. The summed E-state index contributed by atoms with van der Waals surface area (Å²) in [4.78, 5) is 6.59. The molecule has 2 aromatic heterocycles. The quantitative estimate of drug-likeness (QED) is 0.760. The Morgan fingerprint density at radius 3 is 2.88 bits per heavy atom. The van der Waals surface area contributed by atoms with Crippen LogP contribution >= 0.6 is 0 Å². The third-order valence-corrected chi connectivity index (χ3v) is 4.37. The summed E-state index contributed by atoms with van der Waals surface area (Å²) in [5.41, 5.74) is 0.693. The molecule has 0 saturated carbocycles. The predicted octanol–water partition coefficient (Wildman–Crippen LogP) is 1.71. The highest BCUT2D eigenvalue weighted by atomic mass is 19.1. The molecule has 7 nitrogen and oxygen atoms in total. The highest BCUT2D eigenvalue weighted by molar-refractivity contribution is 5.52. The maximum Gasteiger partial charge on any atom is 0.226 e. The van der Waals surface area contributed by atoms with Gasteiger partial charge in [-0.2, -0.15) is 0 Å². The van der Waals surface area contributed by atoms with Crippen molar-refractivity contribution in [3.05, 3.63) is 54.4 Å². The van der Waals surface area contributed by atoms with Crippen LogP contribution < -0.4 is 0 Å². The van der Waals surface area contributed by atoms with E-state index in [1.807, 2.05) is 0 Å². The predicted molar refractivity (Wildman–Crippen MR) is 86.8 cm³/mol. The van der Waals surface area contributed by atoms with Gasteiger partial charge in [0.15, 0.2) is 0 Å². The number of likely N-dealkylation sites (tertiary alicyclic amines) is 1. The topological polar surface area (TPSA) is 80.2 Å². The lowest BCUT2D eigenvalue weighted by molar-refractivity contribution is 0.0273. The average molecular weight is 343 g/mol. The van der Waals surface area contributed by atoms with Crippen molar-refractivity contribution in [3.63, 3.8) is 0 Å². The number of benzene rings is 1. The van der Waals surface area contributed by atoms with Crippen LogP contribution in [-0.2, 0) is 13.1 Å². The molecule has 3 aromatic rings. The van der Waals surface area contributed by atoms with Gasteiger partial charge in [-0.25, -0.2) is 14.1 Å². The molecule has 1 atom stereocenters. The third-order valence-electron chi connectivity index (χ3n) is 4.37. The molecule has 1 aliphatic rings. The van der Waals surface area contributed by atoms with E-state index in [1.165, 1.54) is 12.1 Å². The van der Waals surface area contributed by atoms with Crippen LogP contribution in [0, 0.1) is 5.82 Å². The van der Waals surface area contributed by atoms with Gasteiger partial charge >= 0.3 is 0 Å². The summed E-state index contributed by atoms with van der Waals surface area (Å²) in [6.07, 6.45) is 5.61. The zero-order valence-electron chi connectivity index (χ0n) is 13.5. The van der Waals surface area contributed by atoms with Gasteiger partial charge in [-0.15, -0.1) is 5.10 Å². The summed E-state index contributed by atoms with van der Waals surface area (Å²) < 4.78 is 20.1. The first-order chi connectivity index (χ1) is 12.1. The van der Waals surface area contributed by atoms with Gasteiger partial charge in [0.2, 0.25) is 5.89 Å². The molecule has 0 radical (unpaired) electrons. The van der Waals surface area contributed by atoms with Crippen LogP contribution in [0.1, 0.15) is 12.1 Å². The lowest BCUT2D eigenvalue weighted by Crippen LogP contribution is -2.37. The third kappa shape index (κ3) is 3.59. The summed E-state index contributed by atoms with van der Waals surface area (Å²) in [6.45, 7) is 2.31. The molecule has 0 aliphatic carbocycles. The Bertz CT molecular complexity index is 833. The van der Waals surface area contributed by atoms with E-state index in [-0.39, 0.29) is 5.82 Å². The molecule has 25 heavy (non-hydrogen) atoms. The minimum Gasteiger partial charge on any atom is -0.444 e. The fourth-order valence-electron chi connectivity index (χ4n) is 3.16. The fraction of sp³-hybridized carbons (Fsp3) is 0.353. The highest BCUT2D eigenvalue weighted by Gasteiger charge is 2.36. The number of oxazole rings is 1. The Labute approximate surface area is 143 Å². The summed E-state index contributed by atoms with van der Waals surface area (Å²) >= 11 is 0. The van der Waals surface area contributed by atoms with Gasteiger partial charge in [-0.3, -0.25) is 4.90 Å². The maximum absolute atomic E-state index is 13.0. The first-order valence-electron chi connectivity index (χ1n) is 8.09. The number of hydrogen-bond acceptors (Lipinski definition) is 6. The molecule has 0 bridgehead atoms. The molecule has 4 rings (SSSR count). The van der Waals surface area contributed by atoms with E-state index < -0.39 is 5.60 Å². The van der Waals surface area contributed by atoms with Crippen LogP contribution in [0.5, 0.6) is 0 Å². The Hall–Kier alpha value is -2.58. The number of halogens is 1. The first kappa shape index (κ1) is 15.9. The average Bonchev–Trinajstić information content (AvgIpc) is 3.32. The first-order valence-corrected chi connectivity index (χ1v) is 8.09. The molecule has 0 spiro atoms. The van der Waals surface area contributed by atoms with Crippen molar-refractivity contribution in [1.29, 1.82) is 0 Å². The number of aliphatic hydroxyl groups is 1. The summed E-state index contributed by atoms with van der Waals surface area (Å²) in [6, 6.07) is 6.03. The number of aromatic nitrogens is 4. The standard InChI is InChI=1S/C17H18FN5O2/c18-14-3-1-13(2-4-14)16-20-15(10-25-16)9-22-7-5-17(24,11-22)12-23-8-6-19-21-23/h1-4,6,8,10,24H,5,7,9,11-12H2. The zero-order chi connectivity index (χ0) is 17.3. The van der Waals surface area contributed by atoms with Gasteiger partial charge in [0.05, 0.1) is 24.0 Å². The van der Waals surface area contributed by atoms with Crippen LogP contribution in [-0.4, -0.2) is 48.7 Å². The van der Waals surface area contributed by atoms with Gasteiger partial charge in [0, 0.05) is 31.4 Å². The summed E-state index contributed by atoms with van der Waals surface area (Å²) in [7, 11) is 0. The Morgan fingerprint density at radius 2 is 2.12 bits per heavy atom. The molecule has 8 heteroatoms. The molecular formula is C17H18FN5O2. The molecular weight excluding hydrogens is 325 g/mol. The zero-order valence-corrected chi connectivity index (χ0v) is 13.5. The maximum atomic E-state index is 13.0. The van der Waals surface area contributed by atoms with Gasteiger partial charge in [-0.1, -0.05) is 5.21 Å². The van der Waals surface area contributed by atoms with E-state index in [0.717, 1.165) is 17.8 Å². The molecule has 1 aliphatic heterocycles. The van der Waals surface area contributed by atoms with E-state index in [2.05, 4.69) is 20.2 Å². The molecule has 3 heterocycles. The Balaban J connectivity index is 1.39. The number of hydrogen-bond donors (Lipinski definition) is 1. The van der Waals surface area contributed by atoms with Crippen molar-refractivity contribution in [2.45, 2.75) is 25.1 Å². The van der Waals surface area contributed by atoms with E-state index >= 15 is 0 Å². The molecule has 1 N–H and O–H groups in total. The van der Waals surface area contributed by atoms with Crippen LogP contribution in [0.3, 0.4) is 0 Å². The van der Waals surface area contributed by atoms with E-state index in [0.29, 0.717) is 31.9 Å². The second-order valence-corrected chi connectivity index (χ2v) is 6.44. The van der Waals surface area contributed by atoms with Crippen LogP contribution in [0.2, 0.25) is 0 Å². The molecule has 1 fully saturated rings. The largest absolute Gasteiger partial charge is 0.444 e. The second-order valence-electron chi connectivity index (χ2n) is 6.44. The molecule has 130 valence electrons. The SMILES string of the molecule is OC1(Cn2ccnn2)CCN(Cc2coc(-c3ccc(F)cc3)n2)C1. The van der Waals surface area contributed by atoms with Crippen molar-refractivity contribution in [3.8, 4) is 11.5 Å². The number of rotatable bonds is 5. The van der Waals surface area contributed by atoms with E-state index in [1.54, 1.807) is 35.5 Å². The van der Waals surface area contributed by atoms with Crippen LogP contribution in [0.25, 0.3) is 11.5 Å². The summed E-state index contributed by atoms with van der Waals surface area (Å²) in [5, 5.41) is 18.4. The van der Waals surface area contributed by atoms with Crippen molar-refractivity contribution in [1.82, 2.24) is 24.9 Å². The Morgan fingerprint density at radius 1 is 1.28 bits per heavy atom. The van der Waals surface area contributed by atoms with Gasteiger partial charge in [0.25, 0.3) is 0 Å². The van der Waals surface area contributed by atoms with Crippen LogP contribution in [0.15, 0.2) is 47.3 Å². The monoisotopic (exact) mass is 343 g/mol. The minimum absolute atomic E-state index is 0.292. The van der Waals surface area contributed by atoms with E-state index in [9.17, 15) is 9.50 Å². The minimum atomic E-state index is -0.822. The fourth-order valence-corrected chi connectivity index (χ4v) is 3.16. The molecule has 1 unspecified atom stereocenters. The van der Waals surface area contributed by atoms with Gasteiger partial charge < -0.3 is 9.52 Å². The lowest BCUT2D eigenvalue weighted by Gasteiger charge is -2.22. The number of β-amino-alcohol motifs (C(OH)–C–C–N with tert-alkyl or cyclic N) is 1. The van der Waals surface area contributed by atoms with E-state index in [4.69, 9.17) is 4.42 Å². The van der Waals surface area contributed by atoms with Crippen LogP contribution in [0.4, 0.5) is 4.39 Å². The summed E-state index contributed by atoms with van der Waals surface area (Å²) in [5.74, 6) is 0.173. The van der Waals surface area contributed by atoms with Gasteiger partial charge in [0.1, 0.15) is 12.1 Å². The smallest absolute Gasteiger partial charge is 0.226 e. The molecule has 1 saturated heterocycles. The van der Waals surface area contributed by atoms with Crippen molar-refractivity contribution < 1.29 is 13.9 Å². The van der Waals surface area contributed by atoms with Crippen molar-refractivity contribution >= 4 is 0 Å². The second kappa shape index (κ2) is 6.38. The molecule has 0 amide bonds.